The molecule has 1 aliphatic heterocycles. The van der Waals surface area contributed by atoms with Gasteiger partial charge in [-0.15, -0.1) is 0 Å². The minimum absolute atomic E-state index is 0.309. The van der Waals surface area contributed by atoms with Crippen molar-refractivity contribution in [3.05, 3.63) is 36.2 Å². The van der Waals surface area contributed by atoms with Crippen LogP contribution in [0.1, 0.15) is 24.8 Å². The monoisotopic (exact) mass is 335 g/mol. The van der Waals surface area contributed by atoms with Gasteiger partial charge in [-0.25, -0.2) is 4.21 Å². The van der Waals surface area contributed by atoms with Crippen LogP contribution in [0.15, 0.2) is 30.6 Å². The van der Waals surface area contributed by atoms with E-state index in [9.17, 15) is 0 Å². The van der Waals surface area contributed by atoms with E-state index in [4.69, 9.17) is 13.7 Å². The molecule has 3 rings (SSSR count). The highest BCUT2D eigenvalue weighted by Gasteiger charge is 2.37. The molecule has 1 spiro atoms. The Hall–Kier alpha value is -0.460. The minimum Gasteiger partial charge on any atom is -0.347 e. The van der Waals surface area contributed by atoms with Crippen LogP contribution in [0.4, 0.5) is 0 Å². The van der Waals surface area contributed by atoms with Crippen molar-refractivity contribution in [2.24, 2.45) is 0 Å². The highest BCUT2D eigenvalue weighted by molar-refractivity contribution is 8.26. The summed E-state index contributed by atoms with van der Waals surface area (Å²) >= 11 is 0. The summed E-state index contributed by atoms with van der Waals surface area (Å²) in [5, 5.41) is 0. The first-order valence-electron chi connectivity index (χ1n) is 6.23. The van der Waals surface area contributed by atoms with Crippen molar-refractivity contribution in [1.29, 1.82) is 0 Å². The summed E-state index contributed by atoms with van der Waals surface area (Å²) < 4.78 is 20.5. The van der Waals surface area contributed by atoms with Crippen molar-refractivity contribution < 1.29 is 13.7 Å². The van der Waals surface area contributed by atoms with E-state index in [1.807, 2.05) is 12.4 Å². The SMILES string of the molecule is C1=C(c2ccncc2)CCC2(C1)OCCO2.O=S(Cl)Cl. The number of hydrogen-bond donors (Lipinski definition) is 0. The van der Waals surface area contributed by atoms with Crippen molar-refractivity contribution in [3.63, 3.8) is 0 Å². The summed E-state index contributed by atoms with van der Waals surface area (Å²) in [6.07, 6.45) is 8.76. The predicted octanol–water partition coefficient (Wildman–Crippen LogP) is 3.43. The lowest BCUT2D eigenvalue weighted by Gasteiger charge is -2.30. The largest absolute Gasteiger partial charge is 0.347 e. The first kappa shape index (κ1) is 15.9. The minimum atomic E-state index is -1.67. The number of rotatable bonds is 1. The molecule has 0 saturated carbocycles. The third-order valence-electron chi connectivity index (χ3n) is 3.30. The second-order valence-corrected chi connectivity index (χ2v) is 6.99. The normalized spacial score (nSPS) is 20.4. The zero-order chi connectivity index (χ0) is 14.4. The van der Waals surface area contributed by atoms with Crippen molar-refractivity contribution in [2.75, 3.05) is 13.2 Å². The Morgan fingerprint density at radius 2 is 1.80 bits per heavy atom. The maximum absolute atomic E-state index is 9.09. The molecule has 2 aliphatic rings. The predicted molar refractivity (Wildman–Crippen MR) is 80.5 cm³/mol. The number of halogens is 2. The summed E-state index contributed by atoms with van der Waals surface area (Å²) in [5.74, 6) is -0.309. The molecule has 7 heteroatoms. The van der Waals surface area contributed by atoms with Crippen LogP contribution < -0.4 is 0 Å². The number of aromatic nitrogens is 1. The van der Waals surface area contributed by atoms with Gasteiger partial charge in [-0.3, -0.25) is 4.98 Å². The molecule has 0 N–H and O–H groups in total. The number of hydrogen-bond acceptors (Lipinski definition) is 4. The van der Waals surface area contributed by atoms with Gasteiger partial charge < -0.3 is 9.47 Å². The summed E-state index contributed by atoms with van der Waals surface area (Å²) in [6, 6.07) is 4.11. The Labute approximate surface area is 129 Å². The molecule has 20 heavy (non-hydrogen) atoms. The topological polar surface area (TPSA) is 48.4 Å². The molecule has 0 unspecified atom stereocenters. The van der Waals surface area contributed by atoms with Crippen LogP contribution in [0.3, 0.4) is 0 Å². The maximum Gasteiger partial charge on any atom is 0.211 e. The van der Waals surface area contributed by atoms with Gasteiger partial charge in [0, 0.05) is 46.6 Å². The summed E-state index contributed by atoms with van der Waals surface area (Å²) in [5.41, 5.74) is 2.65. The average Bonchev–Trinajstić information content (AvgIpc) is 2.88. The van der Waals surface area contributed by atoms with E-state index >= 15 is 0 Å². The third kappa shape index (κ3) is 4.53. The van der Waals surface area contributed by atoms with E-state index in [-0.39, 0.29) is 5.79 Å². The van der Waals surface area contributed by atoms with Crippen LogP contribution in [-0.2, 0) is 18.7 Å². The molecule has 1 aromatic rings. The van der Waals surface area contributed by atoms with Gasteiger partial charge in [-0.1, -0.05) is 6.08 Å². The molecule has 1 aliphatic carbocycles. The van der Waals surface area contributed by atoms with E-state index in [0.29, 0.717) is 0 Å². The molecule has 1 aromatic heterocycles. The van der Waals surface area contributed by atoms with Gasteiger partial charge in [0.25, 0.3) is 0 Å². The zero-order valence-corrected chi connectivity index (χ0v) is 13.1. The summed E-state index contributed by atoms with van der Waals surface area (Å²) in [6.45, 7) is 1.47. The molecule has 1 saturated heterocycles. The first-order chi connectivity index (χ1) is 9.61. The molecule has 1 fully saturated rings. The third-order valence-corrected chi connectivity index (χ3v) is 3.30. The highest BCUT2D eigenvalue weighted by atomic mass is 36.0. The first-order valence-corrected chi connectivity index (χ1v) is 9.03. The molecule has 2 heterocycles. The van der Waals surface area contributed by atoms with Crippen molar-refractivity contribution in [2.45, 2.75) is 25.0 Å². The van der Waals surface area contributed by atoms with E-state index in [0.717, 1.165) is 32.5 Å². The average molecular weight is 336 g/mol. The van der Waals surface area contributed by atoms with Gasteiger partial charge in [-0.2, -0.15) is 0 Å². The van der Waals surface area contributed by atoms with E-state index in [2.05, 4.69) is 44.6 Å². The Bertz CT molecular complexity index is 486. The van der Waals surface area contributed by atoms with Crippen LogP contribution in [0.2, 0.25) is 0 Å². The van der Waals surface area contributed by atoms with Crippen LogP contribution in [0, 0.1) is 0 Å². The fourth-order valence-electron chi connectivity index (χ4n) is 2.40. The molecule has 0 atom stereocenters. The van der Waals surface area contributed by atoms with Gasteiger partial charge in [0.2, 0.25) is 9.23 Å². The van der Waals surface area contributed by atoms with Crippen LogP contribution >= 0.6 is 21.4 Å². The number of ether oxygens (including phenoxy) is 2. The lowest BCUT2D eigenvalue weighted by Crippen LogP contribution is -2.31. The number of nitrogens with zero attached hydrogens (tertiary/aromatic N) is 1. The van der Waals surface area contributed by atoms with Crippen molar-refractivity contribution >= 4 is 36.2 Å². The van der Waals surface area contributed by atoms with Gasteiger partial charge in [0.15, 0.2) is 5.79 Å². The van der Waals surface area contributed by atoms with Crippen LogP contribution in [0.5, 0.6) is 0 Å². The maximum atomic E-state index is 9.09. The van der Waals surface area contributed by atoms with Gasteiger partial charge in [0.1, 0.15) is 0 Å². The molecule has 0 radical (unpaired) electrons. The van der Waals surface area contributed by atoms with Gasteiger partial charge in [0.05, 0.1) is 13.2 Å². The fourth-order valence-corrected chi connectivity index (χ4v) is 2.40. The Balaban J connectivity index is 0.000000328. The number of pyridine rings is 1. The van der Waals surface area contributed by atoms with Crippen molar-refractivity contribution in [3.8, 4) is 0 Å². The van der Waals surface area contributed by atoms with E-state index in [1.165, 1.54) is 11.1 Å². The summed E-state index contributed by atoms with van der Waals surface area (Å²) in [7, 11) is 7.36. The Morgan fingerprint density at radius 1 is 1.20 bits per heavy atom. The van der Waals surface area contributed by atoms with E-state index < -0.39 is 9.23 Å². The van der Waals surface area contributed by atoms with Crippen molar-refractivity contribution in [1.82, 2.24) is 4.98 Å². The Kier molecular flexibility index (Phi) is 5.99. The molecule has 110 valence electrons. The van der Waals surface area contributed by atoms with Gasteiger partial charge >= 0.3 is 0 Å². The lowest BCUT2D eigenvalue weighted by molar-refractivity contribution is -0.159. The zero-order valence-electron chi connectivity index (χ0n) is 10.8. The van der Waals surface area contributed by atoms with Crippen LogP contribution in [-0.4, -0.2) is 28.2 Å². The van der Waals surface area contributed by atoms with Gasteiger partial charge in [-0.05, 0) is 29.7 Å². The molecule has 0 bridgehead atoms. The molecule has 0 aromatic carbocycles. The molecular weight excluding hydrogens is 321 g/mol. The highest BCUT2D eigenvalue weighted by Crippen LogP contribution is 2.37. The fraction of sp³-hybridized carbons (Fsp3) is 0.462. The van der Waals surface area contributed by atoms with E-state index in [1.54, 1.807) is 0 Å². The molecule has 4 nitrogen and oxygen atoms in total. The standard InChI is InChI=1S/C13H15NO2.Cl2OS/c1-5-13(15-9-10-16-13)6-2-11(1)12-3-7-14-8-4-12;1-4(2)3/h1,3-4,7-8H,2,5-6,9-10H2;. The molecular formula is C13H15Cl2NO3S. The molecule has 0 amide bonds. The Morgan fingerprint density at radius 3 is 2.30 bits per heavy atom. The second-order valence-electron chi connectivity index (χ2n) is 4.46. The smallest absolute Gasteiger partial charge is 0.211 e. The lowest BCUT2D eigenvalue weighted by atomic mass is 9.90. The quantitative estimate of drug-likeness (QED) is 0.737. The summed E-state index contributed by atoms with van der Waals surface area (Å²) in [4.78, 5) is 4.03. The number of allylic oxidation sites excluding steroid dienone is 1. The second kappa shape index (κ2) is 7.52. The van der Waals surface area contributed by atoms with Crippen LogP contribution in [0.25, 0.3) is 5.57 Å².